The molecule has 1 aliphatic rings. The molecular formula is C18H31ClIN5O. The number of methoxy groups -OCH3 is 1. The van der Waals surface area contributed by atoms with E-state index in [0.29, 0.717) is 5.15 Å². The molecule has 0 aliphatic heterocycles. The van der Waals surface area contributed by atoms with Gasteiger partial charge in [0.1, 0.15) is 5.15 Å². The number of hydrogen-bond donors (Lipinski definition) is 2. The molecule has 2 N–H and O–H groups in total. The van der Waals surface area contributed by atoms with Crippen LogP contribution in [0.3, 0.4) is 0 Å². The van der Waals surface area contributed by atoms with Gasteiger partial charge in [0.2, 0.25) is 0 Å². The molecule has 6 nitrogen and oxygen atoms in total. The normalized spacial score (nSPS) is 14.2. The number of nitrogens with zero attached hydrogens (tertiary/aromatic N) is 3. The summed E-state index contributed by atoms with van der Waals surface area (Å²) < 4.78 is 5.20. The second-order valence-electron chi connectivity index (χ2n) is 6.19. The van der Waals surface area contributed by atoms with Crippen LogP contribution in [0.2, 0.25) is 5.15 Å². The van der Waals surface area contributed by atoms with E-state index >= 15 is 0 Å². The number of ether oxygens (including phenoxy) is 1. The molecule has 1 aliphatic carbocycles. The summed E-state index contributed by atoms with van der Waals surface area (Å²) in [6.07, 6.45) is 5.32. The first kappa shape index (κ1) is 23.4. The molecule has 1 fully saturated rings. The molecule has 0 spiro atoms. The molecule has 0 aromatic carbocycles. The third kappa shape index (κ3) is 9.34. The summed E-state index contributed by atoms with van der Waals surface area (Å²) in [4.78, 5) is 11.3. The maximum Gasteiger partial charge on any atom is 0.191 e. The fourth-order valence-electron chi connectivity index (χ4n) is 2.64. The Balaban J connectivity index is 0.00000338. The Hall–Kier alpha value is -0.640. The zero-order valence-electron chi connectivity index (χ0n) is 15.7. The SMILES string of the molecule is CCNC(=NCCN(CCOC)C1CC1)NCCc1ccc(Cl)nc1.I. The van der Waals surface area contributed by atoms with E-state index in [1.54, 1.807) is 7.11 Å². The Morgan fingerprint density at radius 3 is 2.77 bits per heavy atom. The van der Waals surface area contributed by atoms with E-state index in [2.05, 4.69) is 27.4 Å². The molecular weight excluding hydrogens is 465 g/mol. The molecule has 0 radical (unpaired) electrons. The Labute approximate surface area is 179 Å². The third-order valence-corrected chi connectivity index (χ3v) is 4.37. The van der Waals surface area contributed by atoms with E-state index in [4.69, 9.17) is 21.3 Å². The number of aromatic nitrogens is 1. The van der Waals surface area contributed by atoms with Gasteiger partial charge in [0.15, 0.2) is 5.96 Å². The second-order valence-corrected chi connectivity index (χ2v) is 6.57. The molecule has 1 aromatic rings. The van der Waals surface area contributed by atoms with Crippen LogP contribution in [0, 0.1) is 0 Å². The monoisotopic (exact) mass is 495 g/mol. The number of pyridine rings is 1. The third-order valence-electron chi connectivity index (χ3n) is 4.14. The van der Waals surface area contributed by atoms with Crippen molar-refractivity contribution >= 4 is 41.5 Å². The summed E-state index contributed by atoms with van der Waals surface area (Å²) in [5.41, 5.74) is 1.16. The summed E-state index contributed by atoms with van der Waals surface area (Å²) in [6, 6.07) is 4.56. The van der Waals surface area contributed by atoms with E-state index < -0.39 is 0 Å². The zero-order chi connectivity index (χ0) is 17.9. The molecule has 1 aromatic heterocycles. The van der Waals surface area contributed by atoms with Crippen molar-refractivity contribution in [3.05, 3.63) is 29.0 Å². The van der Waals surface area contributed by atoms with Gasteiger partial charge in [0.05, 0.1) is 13.2 Å². The van der Waals surface area contributed by atoms with Crippen LogP contribution >= 0.6 is 35.6 Å². The largest absolute Gasteiger partial charge is 0.383 e. The minimum Gasteiger partial charge on any atom is -0.383 e. The molecule has 0 amide bonds. The Morgan fingerprint density at radius 1 is 1.35 bits per heavy atom. The molecule has 8 heteroatoms. The van der Waals surface area contributed by atoms with Crippen molar-refractivity contribution in [1.29, 1.82) is 0 Å². The van der Waals surface area contributed by atoms with Crippen molar-refractivity contribution in [3.63, 3.8) is 0 Å². The smallest absolute Gasteiger partial charge is 0.191 e. The first-order valence-electron chi connectivity index (χ1n) is 9.08. The topological polar surface area (TPSA) is 61.8 Å². The number of rotatable bonds is 11. The Kier molecular flexibility index (Phi) is 12.2. The van der Waals surface area contributed by atoms with E-state index in [0.717, 1.165) is 63.3 Å². The van der Waals surface area contributed by atoms with Gasteiger partial charge in [-0.2, -0.15) is 0 Å². The minimum absolute atomic E-state index is 0. The van der Waals surface area contributed by atoms with E-state index in [9.17, 15) is 0 Å². The first-order valence-corrected chi connectivity index (χ1v) is 9.46. The molecule has 0 saturated heterocycles. The first-order chi connectivity index (χ1) is 12.2. The van der Waals surface area contributed by atoms with Crippen LogP contribution in [0.25, 0.3) is 0 Å². The average molecular weight is 496 g/mol. The standard InChI is InChI=1S/C18H30ClN5O.HI/c1-3-20-18(21-9-8-15-4-7-17(19)23-14-15)22-10-11-24(12-13-25-2)16-5-6-16;/h4,7,14,16H,3,5-6,8-13H2,1-2H3,(H2,20,21,22);1H. The van der Waals surface area contributed by atoms with Crippen LogP contribution in [-0.2, 0) is 11.2 Å². The minimum atomic E-state index is 0. The maximum atomic E-state index is 5.81. The summed E-state index contributed by atoms with van der Waals surface area (Å²) in [7, 11) is 1.76. The average Bonchev–Trinajstić information content (AvgIpc) is 3.44. The molecule has 0 bridgehead atoms. The molecule has 0 atom stereocenters. The van der Waals surface area contributed by atoms with Gasteiger partial charge in [0.25, 0.3) is 0 Å². The molecule has 0 unspecified atom stereocenters. The van der Waals surface area contributed by atoms with E-state index in [1.165, 1.54) is 12.8 Å². The maximum absolute atomic E-state index is 5.81. The van der Waals surface area contributed by atoms with Gasteiger partial charge in [-0.3, -0.25) is 9.89 Å². The fourth-order valence-corrected chi connectivity index (χ4v) is 2.75. The number of nitrogens with one attached hydrogen (secondary N) is 2. The molecule has 26 heavy (non-hydrogen) atoms. The van der Waals surface area contributed by atoms with Crippen molar-refractivity contribution in [2.75, 3.05) is 46.4 Å². The highest BCUT2D eigenvalue weighted by molar-refractivity contribution is 14.0. The van der Waals surface area contributed by atoms with Crippen molar-refractivity contribution in [2.24, 2.45) is 4.99 Å². The second kappa shape index (κ2) is 13.5. The molecule has 148 valence electrons. The van der Waals surface area contributed by atoms with E-state index in [-0.39, 0.29) is 24.0 Å². The lowest BCUT2D eigenvalue weighted by molar-refractivity contribution is 0.145. The van der Waals surface area contributed by atoms with Crippen LogP contribution in [0.15, 0.2) is 23.3 Å². The van der Waals surface area contributed by atoms with Gasteiger partial charge >= 0.3 is 0 Å². The van der Waals surface area contributed by atoms with Crippen molar-refractivity contribution < 1.29 is 4.74 Å². The summed E-state index contributed by atoms with van der Waals surface area (Å²) >= 11 is 5.81. The summed E-state index contributed by atoms with van der Waals surface area (Å²) in [5, 5.41) is 7.21. The van der Waals surface area contributed by atoms with Gasteiger partial charge < -0.3 is 15.4 Å². The number of halogens is 2. The van der Waals surface area contributed by atoms with Gasteiger partial charge in [-0.25, -0.2) is 4.98 Å². The number of guanidine groups is 1. The quantitative estimate of drug-likeness (QED) is 0.214. The number of aliphatic imine (C=N–C) groups is 1. The zero-order valence-corrected chi connectivity index (χ0v) is 18.8. The van der Waals surface area contributed by atoms with Gasteiger partial charge in [-0.1, -0.05) is 17.7 Å². The predicted molar refractivity (Wildman–Crippen MR) is 119 cm³/mol. The van der Waals surface area contributed by atoms with E-state index in [1.807, 2.05) is 18.3 Å². The van der Waals surface area contributed by atoms with Crippen LogP contribution in [0.1, 0.15) is 25.3 Å². The van der Waals surface area contributed by atoms with Gasteiger partial charge in [0, 0.05) is 45.5 Å². The lowest BCUT2D eigenvalue weighted by Gasteiger charge is -2.20. The molecule has 2 rings (SSSR count). The van der Waals surface area contributed by atoms with Crippen LogP contribution in [-0.4, -0.2) is 68.3 Å². The summed E-state index contributed by atoms with van der Waals surface area (Å²) in [5.74, 6) is 0.868. The van der Waals surface area contributed by atoms with Gasteiger partial charge in [-0.15, -0.1) is 24.0 Å². The highest BCUT2D eigenvalue weighted by Gasteiger charge is 2.28. The molecule has 1 saturated carbocycles. The highest BCUT2D eigenvalue weighted by atomic mass is 127. The van der Waals surface area contributed by atoms with Crippen LogP contribution in [0.4, 0.5) is 0 Å². The van der Waals surface area contributed by atoms with Crippen LogP contribution < -0.4 is 10.6 Å². The van der Waals surface area contributed by atoms with Crippen molar-refractivity contribution in [3.8, 4) is 0 Å². The summed E-state index contributed by atoms with van der Waals surface area (Å²) in [6.45, 7) is 7.28. The Bertz CT molecular complexity index is 525. The van der Waals surface area contributed by atoms with Crippen molar-refractivity contribution in [2.45, 2.75) is 32.2 Å². The number of hydrogen-bond acceptors (Lipinski definition) is 4. The van der Waals surface area contributed by atoms with Crippen LogP contribution in [0.5, 0.6) is 0 Å². The fraction of sp³-hybridized carbons (Fsp3) is 0.667. The lowest BCUT2D eigenvalue weighted by atomic mass is 10.2. The van der Waals surface area contributed by atoms with Gasteiger partial charge in [-0.05, 0) is 37.8 Å². The predicted octanol–water partition coefficient (Wildman–Crippen LogP) is 2.56. The Morgan fingerprint density at radius 2 is 2.15 bits per heavy atom. The molecule has 1 heterocycles. The van der Waals surface area contributed by atoms with Crippen molar-refractivity contribution in [1.82, 2.24) is 20.5 Å². The lowest BCUT2D eigenvalue weighted by Crippen LogP contribution is -2.39. The highest BCUT2D eigenvalue weighted by Crippen LogP contribution is 2.26.